The third-order valence-corrected chi connectivity index (χ3v) is 5.43. The average molecular weight is 259 g/mol. The van der Waals surface area contributed by atoms with Gasteiger partial charge in [0.1, 0.15) is 5.76 Å². The summed E-state index contributed by atoms with van der Waals surface area (Å²) in [5.74, 6) is 0.799. The highest BCUT2D eigenvalue weighted by Gasteiger charge is 2.38. The second kappa shape index (κ2) is 5.23. The van der Waals surface area contributed by atoms with E-state index in [1.807, 2.05) is 19.1 Å². The number of nitrogens with one attached hydrogen (secondary N) is 1. The van der Waals surface area contributed by atoms with E-state index in [2.05, 4.69) is 5.32 Å². The molecule has 0 aromatic carbocycles. The van der Waals surface area contributed by atoms with E-state index in [9.17, 15) is 8.42 Å². The van der Waals surface area contributed by atoms with Gasteiger partial charge in [0.2, 0.25) is 0 Å². The van der Waals surface area contributed by atoms with Crippen molar-refractivity contribution in [2.45, 2.75) is 38.0 Å². The van der Waals surface area contributed by atoms with E-state index < -0.39 is 14.6 Å². The van der Waals surface area contributed by atoms with E-state index in [4.69, 9.17) is 4.42 Å². The first kappa shape index (κ1) is 14.3. The number of likely N-dealkylation sites (N-methyl/N-ethyl adjacent to an activating group) is 1. The van der Waals surface area contributed by atoms with Gasteiger partial charge in [-0.2, -0.15) is 0 Å². The minimum Gasteiger partial charge on any atom is -0.469 e. The molecule has 0 aliphatic heterocycles. The van der Waals surface area contributed by atoms with Crippen LogP contribution in [0, 0.1) is 0 Å². The molecule has 1 N–H and O–H groups in total. The van der Waals surface area contributed by atoms with E-state index >= 15 is 0 Å². The van der Waals surface area contributed by atoms with Crippen molar-refractivity contribution in [1.82, 2.24) is 5.32 Å². The van der Waals surface area contributed by atoms with Gasteiger partial charge >= 0.3 is 0 Å². The number of rotatable bonds is 6. The van der Waals surface area contributed by atoms with Gasteiger partial charge in [0.15, 0.2) is 9.84 Å². The lowest BCUT2D eigenvalue weighted by atomic mass is 9.98. The molecule has 17 heavy (non-hydrogen) atoms. The van der Waals surface area contributed by atoms with Gasteiger partial charge < -0.3 is 9.73 Å². The normalized spacial score (nSPS) is 14.8. The predicted octanol–water partition coefficient (Wildman–Crippen LogP) is 1.62. The third kappa shape index (κ3) is 3.33. The van der Waals surface area contributed by atoms with E-state index in [0.29, 0.717) is 6.42 Å². The highest BCUT2D eigenvalue weighted by Crippen LogP contribution is 2.23. The van der Waals surface area contributed by atoms with Gasteiger partial charge in [-0.05, 0) is 32.5 Å². The summed E-state index contributed by atoms with van der Waals surface area (Å²) >= 11 is 0. The summed E-state index contributed by atoms with van der Waals surface area (Å²) in [6.07, 6.45) is 3.45. The molecule has 0 saturated carbocycles. The van der Waals surface area contributed by atoms with Crippen LogP contribution in [-0.4, -0.2) is 32.0 Å². The molecular formula is C12H21NO3S. The summed E-state index contributed by atoms with van der Waals surface area (Å²) in [7, 11) is -3.13. The summed E-state index contributed by atoms with van der Waals surface area (Å²) in [6.45, 7) is 6.19. The van der Waals surface area contributed by atoms with Crippen LogP contribution in [0.5, 0.6) is 0 Å². The average Bonchev–Trinajstić information content (AvgIpc) is 2.68. The summed E-state index contributed by atoms with van der Waals surface area (Å²) < 4.78 is 28.1. The van der Waals surface area contributed by atoms with Crippen LogP contribution in [0.3, 0.4) is 0 Å². The first-order chi connectivity index (χ1) is 7.79. The van der Waals surface area contributed by atoms with Crippen LogP contribution in [0.15, 0.2) is 22.8 Å². The molecule has 0 radical (unpaired) electrons. The van der Waals surface area contributed by atoms with E-state index in [0.717, 1.165) is 12.3 Å². The molecule has 1 unspecified atom stereocenters. The Balaban J connectivity index is 2.93. The zero-order chi connectivity index (χ0) is 13.1. The SMILES string of the molecule is CCNC(Cc1ccco1)C(C)(C)S(C)(=O)=O. The third-order valence-electron chi connectivity index (χ3n) is 3.23. The molecule has 1 aromatic rings. The van der Waals surface area contributed by atoms with Crippen LogP contribution >= 0.6 is 0 Å². The van der Waals surface area contributed by atoms with Crippen molar-refractivity contribution in [3.05, 3.63) is 24.2 Å². The van der Waals surface area contributed by atoms with Crippen LogP contribution in [0.4, 0.5) is 0 Å². The number of hydrogen-bond acceptors (Lipinski definition) is 4. The topological polar surface area (TPSA) is 59.3 Å². The molecule has 0 bridgehead atoms. The lowest BCUT2D eigenvalue weighted by Crippen LogP contribution is -2.52. The van der Waals surface area contributed by atoms with Gasteiger partial charge in [-0.1, -0.05) is 6.92 Å². The molecule has 1 heterocycles. The quantitative estimate of drug-likeness (QED) is 0.843. The van der Waals surface area contributed by atoms with Crippen LogP contribution in [0.25, 0.3) is 0 Å². The van der Waals surface area contributed by atoms with Gasteiger partial charge in [-0.3, -0.25) is 0 Å². The van der Waals surface area contributed by atoms with Crippen molar-refractivity contribution in [3.8, 4) is 0 Å². The molecule has 1 rings (SSSR count). The minimum atomic E-state index is -3.13. The fourth-order valence-electron chi connectivity index (χ4n) is 1.70. The summed E-state index contributed by atoms with van der Waals surface area (Å²) in [5.41, 5.74) is 0. The van der Waals surface area contributed by atoms with Crippen molar-refractivity contribution >= 4 is 9.84 Å². The molecule has 0 aliphatic rings. The fraction of sp³-hybridized carbons (Fsp3) is 0.667. The zero-order valence-corrected chi connectivity index (χ0v) is 11.7. The zero-order valence-electron chi connectivity index (χ0n) is 10.9. The molecule has 0 fully saturated rings. The molecule has 0 amide bonds. The standard InChI is InChI=1S/C12H21NO3S/c1-5-13-11(9-10-7-6-8-16-10)12(2,3)17(4,14)15/h6-8,11,13H,5,9H2,1-4H3. The first-order valence-corrected chi connectivity index (χ1v) is 7.63. The Labute approximate surface area is 103 Å². The van der Waals surface area contributed by atoms with Gasteiger partial charge in [-0.25, -0.2) is 8.42 Å². The van der Waals surface area contributed by atoms with Gasteiger partial charge in [0.25, 0.3) is 0 Å². The highest BCUT2D eigenvalue weighted by atomic mass is 32.2. The monoisotopic (exact) mass is 259 g/mol. The molecule has 4 nitrogen and oxygen atoms in total. The van der Waals surface area contributed by atoms with Crippen LogP contribution < -0.4 is 5.32 Å². The molecule has 0 saturated heterocycles. The lowest BCUT2D eigenvalue weighted by Gasteiger charge is -2.32. The summed E-state index contributed by atoms with van der Waals surface area (Å²) in [6, 6.07) is 3.52. The minimum absolute atomic E-state index is 0.159. The molecule has 5 heteroatoms. The second-order valence-corrected chi connectivity index (χ2v) is 7.37. The molecule has 1 aromatic heterocycles. The molecule has 1 atom stereocenters. The van der Waals surface area contributed by atoms with Crippen LogP contribution in [-0.2, 0) is 16.3 Å². The lowest BCUT2D eigenvalue weighted by molar-refractivity contribution is 0.383. The van der Waals surface area contributed by atoms with Crippen molar-refractivity contribution in [2.75, 3.05) is 12.8 Å². The second-order valence-electron chi connectivity index (χ2n) is 4.77. The molecule has 98 valence electrons. The number of sulfone groups is 1. The van der Waals surface area contributed by atoms with Gasteiger partial charge in [0, 0.05) is 18.7 Å². The van der Waals surface area contributed by atoms with Crippen molar-refractivity contribution in [2.24, 2.45) is 0 Å². The van der Waals surface area contributed by atoms with E-state index in [1.54, 1.807) is 20.1 Å². The predicted molar refractivity (Wildman–Crippen MR) is 68.8 cm³/mol. The van der Waals surface area contributed by atoms with Crippen LogP contribution in [0.2, 0.25) is 0 Å². The number of furan rings is 1. The van der Waals surface area contributed by atoms with Crippen molar-refractivity contribution in [1.29, 1.82) is 0 Å². The van der Waals surface area contributed by atoms with E-state index in [-0.39, 0.29) is 6.04 Å². The largest absolute Gasteiger partial charge is 0.469 e. The van der Waals surface area contributed by atoms with Crippen molar-refractivity contribution in [3.63, 3.8) is 0 Å². The Hall–Kier alpha value is -0.810. The first-order valence-electron chi connectivity index (χ1n) is 5.74. The molecular weight excluding hydrogens is 238 g/mol. The maximum atomic E-state index is 11.8. The maximum absolute atomic E-state index is 11.8. The smallest absolute Gasteiger partial charge is 0.154 e. The van der Waals surface area contributed by atoms with Crippen molar-refractivity contribution < 1.29 is 12.8 Å². The Bertz CT molecular complexity index is 434. The maximum Gasteiger partial charge on any atom is 0.154 e. The van der Waals surface area contributed by atoms with Gasteiger partial charge in [-0.15, -0.1) is 0 Å². The molecule has 0 aliphatic carbocycles. The van der Waals surface area contributed by atoms with Gasteiger partial charge in [0.05, 0.1) is 11.0 Å². The Morgan fingerprint density at radius 3 is 2.53 bits per heavy atom. The Morgan fingerprint density at radius 1 is 1.47 bits per heavy atom. The number of hydrogen-bond donors (Lipinski definition) is 1. The summed E-state index contributed by atoms with van der Waals surface area (Å²) in [4.78, 5) is 0. The van der Waals surface area contributed by atoms with E-state index in [1.165, 1.54) is 6.26 Å². The highest BCUT2D eigenvalue weighted by molar-refractivity contribution is 7.92. The Morgan fingerprint density at radius 2 is 2.12 bits per heavy atom. The Kier molecular flexibility index (Phi) is 4.38. The fourth-order valence-corrected chi connectivity index (χ4v) is 2.38. The summed E-state index contributed by atoms with van der Waals surface area (Å²) in [5, 5.41) is 3.23. The molecule has 0 spiro atoms. The van der Waals surface area contributed by atoms with Crippen LogP contribution in [0.1, 0.15) is 26.5 Å².